The molecule has 1 atom stereocenters. The van der Waals surface area contributed by atoms with Gasteiger partial charge in [0.25, 0.3) is 0 Å². The van der Waals surface area contributed by atoms with Gasteiger partial charge >= 0.3 is 6.09 Å². The van der Waals surface area contributed by atoms with E-state index in [0.717, 1.165) is 25.1 Å². The van der Waals surface area contributed by atoms with Crippen molar-refractivity contribution in [2.45, 2.75) is 64.2 Å². The fourth-order valence-electron chi connectivity index (χ4n) is 3.04. The van der Waals surface area contributed by atoms with Crippen molar-refractivity contribution >= 4 is 23.8 Å². The Morgan fingerprint density at radius 1 is 1.26 bits per heavy atom. The molecule has 2 fully saturated rings. The number of nitrogens with zero attached hydrogens (tertiary/aromatic N) is 1. The van der Waals surface area contributed by atoms with Crippen molar-refractivity contribution in [3.05, 3.63) is 0 Å². The third-order valence-electron chi connectivity index (χ3n) is 4.22. The number of carbonyl (C=O) groups excluding carboxylic acids is 2. The van der Waals surface area contributed by atoms with Crippen molar-refractivity contribution < 1.29 is 19.4 Å². The molecule has 0 unspecified atom stereocenters. The molecule has 0 aromatic rings. The number of thioether (sulfide) groups is 1. The summed E-state index contributed by atoms with van der Waals surface area (Å²) in [6.07, 6.45) is 2.01. The van der Waals surface area contributed by atoms with Crippen LogP contribution >= 0.6 is 11.8 Å². The fraction of sp³-hybridized carbons (Fsp3) is 0.875. The van der Waals surface area contributed by atoms with Gasteiger partial charge in [-0.05, 0) is 52.4 Å². The average Bonchev–Trinajstić information content (AvgIpc) is 2.97. The molecule has 1 saturated heterocycles. The van der Waals surface area contributed by atoms with Crippen molar-refractivity contribution in [2.24, 2.45) is 5.92 Å². The largest absolute Gasteiger partial charge is 0.444 e. The van der Waals surface area contributed by atoms with Crippen molar-refractivity contribution in [1.82, 2.24) is 10.2 Å². The highest BCUT2D eigenvalue weighted by Crippen LogP contribution is 2.29. The molecule has 0 aromatic heterocycles. The minimum atomic E-state index is -0.593. The first-order valence-corrected chi connectivity index (χ1v) is 9.46. The number of amides is 2. The highest BCUT2D eigenvalue weighted by molar-refractivity contribution is 7.99. The van der Waals surface area contributed by atoms with Gasteiger partial charge in [-0.2, -0.15) is 0 Å². The Morgan fingerprint density at radius 3 is 2.43 bits per heavy atom. The van der Waals surface area contributed by atoms with Crippen LogP contribution < -0.4 is 5.32 Å². The second-order valence-corrected chi connectivity index (χ2v) is 8.41. The number of nitrogens with one attached hydrogen (secondary N) is 1. The zero-order chi connectivity index (χ0) is 17.0. The smallest absolute Gasteiger partial charge is 0.408 e. The zero-order valence-electron chi connectivity index (χ0n) is 14.2. The fourth-order valence-corrected chi connectivity index (χ4v) is 3.99. The number of hydrogen-bond donors (Lipinski definition) is 2. The maximum Gasteiger partial charge on any atom is 0.408 e. The van der Waals surface area contributed by atoms with E-state index in [9.17, 15) is 14.7 Å². The molecule has 2 N–H and O–H groups in total. The number of hydrogen-bond acceptors (Lipinski definition) is 5. The van der Waals surface area contributed by atoms with E-state index in [-0.39, 0.29) is 17.9 Å². The molecule has 2 aliphatic rings. The Hall–Kier alpha value is -0.950. The molecule has 7 heteroatoms. The molecular formula is C16H28N2O4S. The summed E-state index contributed by atoms with van der Waals surface area (Å²) in [5, 5.41) is 12.5. The molecular weight excluding hydrogens is 316 g/mol. The predicted molar refractivity (Wildman–Crippen MR) is 90.2 cm³/mol. The Morgan fingerprint density at radius 2 is 1.91 bits per heavy atom. The monoisotopic (exact) mass is 344 g/mol. The highest BCUT2D eigenvalue weighted by Gasteiger charge is 2.37. The quantitative estimate of drug-likeness (QED) is 0.818. The molecule has 132 valence electrons. The van der Waals surface area contributed by atoms with Gasteiger partial charge < -0.3 is 20.1 Å². The number of aliphatic hydroxyl groups excluding tert-OH is 1. The van der Waals surface area contributed by atoms with Crippen LogP contribution in [0.15, 0.2) is 0 Å². The normalized spacial score (nSPS) is 26.7. The number of alkyl carbamates (subject to hydrolysis) is 1. The third-order valence-corrected chi connectivity index (χ3v) is 5.18. The van der Waals surface area contributed by atoms with Crippen LogP contribution in [0.2, 0.25) is 0 Å². The molecule has 23 heavy (non-hydrogen) atoms. The van der Waals surface area contributed by atoms with Crippen LogP contribution in [0, 0.1) is 5.92 Å². The third kappa shape index (κ3) is 5.57. The van der Waals surface area contributed by atoms with Gasteiger partial charge in [-0.3, -0.25) is 4.79 Å². The highest BCUT2D eigenvalue weighted by atomic mass is 32.2. The van der Waals surface area contributed by atoms with E-state index < -0.39 is 17.7 Å². The maximum absolute atomic E-state index is 12.8. The van der Waals surface area contributed by atoms with Crippen LogP contribution in [-0.2, 0) is 9.53 Å². The molecule has 1 saturated carbocycles. The summed E-state index contributed by atoms with van der Waals surface area (Å²) in [7, 11) is 0. The molecule has 6 nitrogen and oxygen atoms in total. The van der Waals surface area contributed by atoms with Crippen LogP contribution in [-0.4, -0.2) is 57.9 Å². The molecule has 1 heterocycles. The van der Waals surface area contributed by atoms with E-state index in [1.54, 1.807) is 37.4 Å². The summed E-state index contributed by atoms with van der Waals surface area (Å²) in [5.41, 5.74) is -0.593. The van der Waals surface area contributed by atoms with E-state index in [4.69, 9.17) is 4.74 Å². The second-order valence-electron chi connectivity index (χ2n) is 7.33. The van der Waals surface area contributed by atoms with Crippen molar-refractivity contribution in [3.8, 4) is 0 Å². The van der Waals surface area contributed by atoms with Gasteiger partial charge in [0.15, 0.2) is 0 Å². The van der Waals surface area contributed by atoms with Gasteiger partial charge in [0, 0.05) is 12.3 Å². The Kier molecular flexibility index (Phi) is 6.19. The maximum atomic E-state index is 12.8. The van der Waals surface area contributed by atoms with Gasteiger partial charge in [-0.25, -0.2) is 4.79 Å². The number of carbonyl (C=O) groups is 2. The topological polar surface area (TPSA) is 78.9 Å². The standard InChI is InChI=1S/C16H28N2O4S/c1-16(2,3)22-15(21)17-13(11-4-6-12(19)7-5-11)14(20)18-8-9-23-10-18/h11-13,19H,4-10H2,1-3H3,(H,17,21)/t11?,12?,13-/m0/s1. The van der Waals surface area contributed by atoms with E-state index in [1.165, 1.54) is 0 Å². The molecule has 0 aromatic carbocycles. The van der Waals surface area contributed by atoms with Crippen molar-refractivity contribution in [2.75, 3.05) is 18.2 Å². The van der Waals surface area contributed by atoms with E-state index >= 15 is 0 Å². The lowest BCUT2D eigenvalue weighted by molar-refractivity contribution is -0.134. The van der Waals surface area contributed by atoms with Gasteiger partial charge in [0.2, 0.25) is 5.91 Å². The van der Waals surface area contributed by atoms with Gasteiger partial charge in [0.05, 0.1) is 12.0 Å². The minimum absolute atomic E-state index is 0.0257. The Bertz CT molecular complexity index is 424. The summed E-state index contributed by atoms with van der Waals surface area (Å²) >= 11 is 1.72. The summed E-state index contributed by atoms with van der Waals surface area (Å²) in [6, 6.07) is -0.559. The summed E-state index contributed by atoms with van der Waals surface area (Å²) in [6.45, 7) is 6.14. The zero-order valence-corrected chi connectivity index (χ0v) is 15.0. The van der Waals surface area contributed by atoms with Crippen LogP contribution in [0.1, 0.15) is 46.5 Å². The number of rotatable bonds is 3. The lowest BCUT2D eigenvalue weighted by Gasteiger charge is -2.34. The summed E-state index contributed by atoms with van der Waals surface area (Å²) in [5.74, 6) is 1.65. The number of aliphatic hydroxyl groups is 1. The SMILES string of the molecule is CC(C)(C)OC(=O)N[C@H](C(=O)N1CCSC1)C1CCC(O)CC1. The second kappa shape index (κ2) is 7.75. The van der Waals surface area contributed by atoms with E-state index in [0.29, 0.717) is 18.7 Å². The summed E-state index contributed by atoms with van der Waals surface area (Å²) < 4.78 is 5.32. The van der Waals surface area contributed by atoms with Gasteiger partial charge in [-0.15, -0.1) is 11.8 Å². The number of ether oxygens (including phenoxy) is 1. The van der Waals surface area contributed by atoms with E-state index in [2.05, 4.69) is 5.32 Å². The van der Waals surface area contributed by atoms with Crippen molar-refractivity contribution in [1.29, 1.82) is 0 Å². The molecule has 1 aliphatic carbocycles. The predicted octanol–water partition coefficient (Wildman–Crippen LogP) is 1.96. The molecule has 2 amide bonds. The molecule has 0 bridgehead atoms. The van der Waals surface area contributed by atoms with Crippen LogP contribution in [0.25, 0.3) is 0 Å². The van der Waals surface area contributed by atoms with Gasteiger partial charge in [0.1, 0.15) is 11.6 Å². The summed E-state index contributed by atoms with van der Waals surface area (Å²) in [4.78, 5) is 26.7. The lowest BCUT2D eigenvalue weighted by Crippen LogP contribution is -2.53. The molecule has 1 aliphatic heterocycles. The first kappa shape index (κ1) is 18.4. The Labute approximate surface area is 142 Å². The minimum Gasteiger partial charge on any atom is -0.444 e. The molecule has 0 spiro atoms. The van der Waals surface area contributed by atoms with Crippen LogP contribution in [0.3, 0.4) is 0 Å². The van der Waals surface area contributed by atoms with Crippen molar-refractivity contribution in [3.63, 3.8) is 0 Å². The lowest BCUT2D eigenvalue weighted by atomic mass is 9.82. The first-order valence-electron chi connectivity index (χ1n) is 8.30. The van der Waals surface area contributed by atoms with Gasteiger partial charge in [-0.1, -0.05) is 0 Å². The molecule has 2 rings (SSSR count). The van der Waals surface area contributed by atoms with E-state index in [1.807, 2.05) is 0 Å². The molecule has 0 radical (unpaired) electrons. The van der Waals surface area contributed by atoms with Crippen LogP contribution in [0.5, 0.6) is 0 Å². The first-order chi connectivity index (χ1) is 10.8. The average molecular weight is 344 g/mol. The Balaban J connectivity index is 2.04. The van der Waals surface area contributed by atoms with Crippen LogP contribution in [0.4, 0.5) is 4.79 Å².